The highest BCUT2D eigenvalue weighted by Crippen LogP contribution is 2.36. The third kappa shape index (κ3) is 10.1. The Labute approximate surface area is 255 Å². The van der Waals surface area contributed by atoms with Crippen LogP contribution in [0, 0.1) is 5.92 Å². The standard InChI is InChI=1S/C30H42N4O6S2/c1-20(2)17-41-42-27(21(3)33(4)19-35)14-15-39-28(36)12-13-29(37)40-24-9-7-23(8-10-24)34(5)30(38)22-6-11-25-26(16-22)32-18-31-25/h6,11,16,19-20,23-24H,7-10,12-15,17-18H2,1-5H3/b27-21-. The zero-order valence-corrected chi connectivity index (χ0v) is 26.8. The van der Waals surface area contributed by atoms with Crippen LogP contribution in [0.1, 0.15) is 76.1 Å². The summed E-state index contributed by atoms with van der Waals surface area (Å²) in [7, 11) is 6.81. The van der Waals surface area contributed by atoms with Crippen LogP contribution in [0.3, 0.4) is 0 Å². The Kier molecular flexibility index (Phi) is 13.4. The van der Waals surface area contributed by atoms with Crippen LogP contribution in [-0.4, -0.2) is 79.3 Å². The topological polar surface area (TPSA) is 118 Å². The number of nitrogens with zero attached hydrogens (tertiary/aromatic N) is 4. The minimum atomic E-state index is -0.454. The molecule has 1 aliphatic heterocycles. The van der Waals surface area contributed by atoms with Crippen molar-refractivity contribution < 1.29 is 28.7 Å². The van der Waals surface area contributed by atoms with Gasteiger partial charge in [-0.05, 0) is 56.7 Å². The molecule has 10 nitrogen and oxygen atoms in total. The highest BCUT2D eigenvalue weighted by atomic mass is 33.1. The molecule has 0 bridgehead atoms. The second kappa shape index (κ2) is 16.7. The molecule has 3 rings (SSSR count). The molecule has 0 atom stereocenters. The van der Waals surface area contributed by atoms with E-state index in [4.69, 9.17) is 9.47 Å². The van der Waals surface area contributed by atoms with Gasteiger partial charge in [0, 0.05) is 48.5 Å². The average molecular weight is 619 g/mol. The quantitative estimate of drug-likeness (QED) is 0.165. The summed E-state index contributed by atoms with van der Waals surface area (Å²) in [6.45, 7) is 6.74. The molecule has 2 amide bonds. The highest BCUT2D eigenvalue weighted by molar-refractivity contribution is 8.78. The van der Waals surface area contributed by atoms with Crippen molar-refractivity contribution in [3.05, 3.63) is 45.1 Å². The van der Waals surface area contributed by atoms with Gasteiger partial charge in [0.2, 0.25) is 6.41 Å². The molecule has 0 spiro atoms. The van der Waals surface area contributed by atoms with E-state index in [2.05, 4.69) is 23.8 Å². The summed E-state index contributed by atoms with van der Waals surface area (Å²) < 4.78 is 11.0. The van der Waals surface area contributed by atoms with E-state index in [9.17, 15) is 19.2 Å². The van der Waals surface area contributed by atoms with Gasteiger partial charge in [0.05, 0.1) is 30.2 Å². The first-order chi connectivity index (χ1) is 20.1. The van der Waals surface area contributed by atoms with E-state index in [0.29, 0.717) is 37.4 Å². The van der Waals surface area contributed by atoms with Crippen molar-refractivity contribution in [3.63, 3.8) is 0 Å². The number of benzene rings is 1. The van der Waals surface area contributed by atoms with Crippen molar-refractivity contribution in [2.45, 2.75) is 77.9 Å². The SMILES string of the molecule is C/C(=C(\CCOC(=O)CCC(=O)OC1CCC(N(C)C(=O)c2ccc3c(c2)=NCN=3)CC1)SSCC(C)C)N(C)C=O. The molecule has 1 aromatic carbocycles. The Morgan fingerprint density at radius 2 is 1.71 bits per heavy atom. The van der Waals surface area contributed by atoms with E-state index in [0.717, 1.165) is 46.3 Å². The smallest absolute Gasteiger partial charge is 0.306 e. The Balaban J connectivity index is 1.36. The number of carbonyl (C=O) groups is 4. The summed E-state index contributed by atoms with van der Waals surface area (Å²) >= 11 is 0. The highest BCUT2D eigenvalue weighted by Gasteiger charge is 2.29. The second-order valence-corrected chi connectivity index (χ2v) is 13.4. The van der Waals surface area contributed by atoms with Gasteiger partial charge in [0.1, 0.15) is 12.8 Å². The van der Waals surface area contributed by atoms with Crippen LogP contribution in [0.15, 0.2) is 38.8 Å². The lowest BCUT2D eigenvalue weighted by Crippen LogP contribution is -2.41. The number of hydrogen-bond acceptors (Lipinski definition) is 10. The van der Waals surface area contributed by atoms with Gasteiger partial charge in [0.15, 0.2) is 0 Å². The van der Waals surface area contributed by atoms with E-state index in [1.54, 1.807) is 45.7 Å². The van der Waals surface area contributed by atoms with Gasteiger partial charge in [-0.1, -0.05) is 35.4 Å². The zero-order valence-electron chi connectivity index (χ0n) is 25.2. The minimum absolute atomic E-state index is 0.0403. The number of carbonyl (C=O) groups excluding carboxylic acids is 4. The van der Waals surface area contributed by atoms with Gasteiger partial charge in [0.25, 0.3) is 5.91 Å². The maximum absolute atomic E-state index is 13.0. The molecule has 1 heterocycles. The summed E-state index contributed by atoms with van der Waals surface area (Å²) in [6, 6.07) is 5.47. The molecule has 1 aliphatic carbocycles. The number of hydrogen-bond donors (Lipinski definition) is 0. The summed E-state index contributed by atoms with van der Waals surface area (Å²) in [5.41, 5.74) is 1.42. The first kappa shape index (κ1) is 33.6. The summed E-state index contributed by atoms with van der Waals surface area (Å²) in [5.74, 6) is 0.579. The second-order valence-electron chi connectivity index (χ2n) is 11.0. The van der Waals surface area contributed by atoms with Crippen LogP contribution < -0.4 is 10.7 Å². The summed E-state index contributed by atoms with van der Waals surface area (Å²) in [6.07, 6.45) is 3.72. The molecule has 0 aromatic heterocycles. The number of rotatable bonds is 15. The van der Waals surface area contributed by atoms with Crippen LogP contribution >= 0.6 is 21.6 Å². The first-order valence-corrected chi connectivity index (χ1v) is 16.7. The summed E-state index contributed by atoms with van der Waals surface area (Å²) in [5, 5.41) is 1.57. The molecule has 0 saturated heterocycles. The molecular formula is C30H42N4O6S2. The lowest BCUT2D eigenvalue weighted by Gasteiger charge is -2.34. The van der Waals surface area contributed by atoms with Crippen molar-refractivity contribution in [2.75, 3.05) is 33.1 Å². The van der Waals surface area contributed by atoms with Gasteiger partial charge >= 0.3 is 11.9 Å². The average Bonchev–Trinajstić information content (AvgIpc) is 3.46. The van der Waals surface area contributed by atoms with E-state index >= 15 is 0 Å². The van der Waals surface area contributed by atoms with Crippen LogP contribution in [0.5, 0.6) is 0 Å². The first-order valence-electron chi connectivity index (χ1n) is 14.4. The Morgan fingerprint density at radius 3 is 2.40 bits per heavy atom. The fraction of sp³-hybridized carbons (Fsp3) is 0.600. The Hall–Kier alpha value is -2.86. The number of allylic oxidation sites excluding steroid dienone is 1. The van der Waals surface area contributed by atoms with Crippen LogP contribution in [0.2, 0.25) is 0 Å². The molecule has 12 heteroatoms. The summed E-state index contributed by atoms with van der Waals surface area (Å²) in [4.78, 5) is 61.7. The number of esters is 2. The van der Waals surface area contributed by atoms with Gasteiger partial charge in [-0.25, -0.2) is 0 Å². The normalized spacial score (nSPS) is 18.2. The monoisotopic (exact) mass is 618 g/mol. The van der Waals surface area contributed by atoms with Crippen molar-refractivity contribution in [1.29, 1.82) is 0 Å². The fourth-order valence-corrected chi connectivity index (χ4v) is 7.58. The predicted octanol–water partition coefficient (Wildman–Crippen LogP) is 3.89. The molecule has 0 N–H and O–H groups in total. The third-order valence-corrected chi connectivity index (χ3v) is 10.3. The lowest BCUT2D eigenvalue weighted by atomic mass is 9.91. The van der Waals surface area contributed by atoms with E-state index in [1.807, 2.05) is 20.0 Å². The molecule has 1 aromatic rings. The van der Waals surface area contributed by atoms with Crippen molar-refractivity contribution in [3.8, 4) is 0 Å². The van der Waals surface area contributed by atoms with Crippen LogP contribution in [-0.2, 0) is 23.9 Å². The molecule has 0 unspecified atom stereocenters. The fourth-order valence-electron chi connectivity index (χ4n) is 4.60. The number of fused-ring (bicyclic) bond motifs is 1. The lowest BCUT2D eigenvalue weighted by molar-refractivity contribution is -0.155. The molecular weight excluding hydrogens is 576 g/mol. The minimum Gasteiger partial charge on any atom is -0.465 e. The van der Waals surface area contributed by atoms with Gasteiger partial charge in [-0.15, -0.1) is 0 Å². The molecule has 42 heavy (non-hydrogen) atoms. The number of ether oxygens (including phenoxy) is 2. The van der Waals surface area contributed by atoms with E-state index in [-0.39, 0.29) is 37.5 Å². The predicted molar refractivity (Wildman–Crippen MR) is 164 cm³/mol. The largest absolute Gasteiger partial charge is 0.465 e. The molecule has 1 fully saturated rings. The van der Waals surface area contributed by atoms with Gasteiger partial charge in [-0.2, -0.15) is 0 Å². The van der Waals surface area contributed by atoms with Crippen molar-refractivity contribution in [2.24, 2.45) is 15.9 Å². The molecule has 0 radical (unpaired) electrons. The van der Waals surface area contributed by atoms with Gasteiger partial charge in [-0.3, -0.25) is 29.2 Å². The molecule has 1 saturated carbocycles. The Bertz CT molecular complexity index is 1280. The van der Waals surface area contributed by atoms with Gasteiger partial charge < -0.3 is 19.3 Å². The van der Waals surface area contributed by atoms with Crippen LogP contribution in [0.4, 0.5) is 0 Å². The van der Waals surface area contributed by atoms with E-state index < -0.39 is 11.9 Å². The maximum Gasteiger partial charge on any atom is 0.306 e. The Morgan fingerprint density at radius 1 is 1.02 bits per heavy atom. The maximum atomic E-state index is 13.0. The molecule has 230 valence electrons. The third-order valence-electron chi connectivity index (χ3n) is 7.29. The molecule has 2 aliphatic rings. The van der Waals surface area contributed by atoms with Crippen LogP contribution in [0.25, 0.3) is 0 Å². The van der Waals surface area contributed by atoms with Crippen molar-refractivity contribution in [1.82, 2.24) is 9.80 Å². The van der Waals surface area contributed by atoms with E-state index in [1.165, 1.54) is 4.90 Å². The van der Waals surface area contributed by atoms with Crippen molar-refractivity contribution >= 4 is 45.8 Å². The zero-order chi connectivity index (χ0) is 30.6. The number of amides is 2.